The van der Waals surface area contributed by atoms with Crippen LogP contribution < -0.4 is 34.7 Å². The number of aryl methyl sites for hydroxylation is 1. The van der Waals surface area contributed by atoms with Crippen molar-refractivity contribution >= 4 is 5.69 Å². The molecule has 0 spiro atoms. The first kappa shape index (κ1) is 17.4. The Morgan fingerprint density at radius 2 is 2.00 bits per heavy atom. The Morgan fingerprint density at radius 1 is 1.30 bits per heavy atom. The maximum absolute atomic E-state index is 11.8. The topological polar surface area (TPSA) is 78.7 Å². The molecule has 0 N–H and O–H groups in total. The Labute approximate surface area is 140 Å². The number of benzene rings is 1. The van der Waals surface area contributed by atoms with Crippen LogP contribution in [-0.2, 0) is 11.2 Å². The van der Waals surface area contributed by atoms with Crippen LogP contribution in [0.15, 0.2) is 18.2 Å². The summed E-state index contributed by atoms with van der Waals surface area (Å²) in [7, 11) is 0. The van der Waals surface area contributed by atoms with Gasteiger partial charge in [-0.15, -0.1) is 0 Å². The van der Waals surface area contributed by atoms with Gasteiger partial charge in [0.15, 0.2) is 0 Å². The van der Waals surface area contributed by atoms with Crippen molar-refractivity contribution < 1.29 is 44.3 Å². The first-order valence-corrected chi connectivity index (χ1v) is 6.42. The number of nitro benzene ring substituents is 1. The molecule has 0 bridgehead atoms. The van der Waals surface area contributed by atoms with Gasteiger partial charge in [0, 0.05) is 19.2 Å². The maximum Gasteiger partial charge on any atom is 1.00 e. The number of nitrogens with zero attached hydrogens (tertiary/aromatic N) is 2. The number of ether oxygens (including phenoxy) is 1. The Morgan fingerprint density at radius 3 is 2.65 bits per heavy atom. The Hall–Kier alpha value is -0.660. The molecule has 0 atom stereocenters. The number of rotatable bonds is 5. The molecule has 7 heteroatoms. The molecule has 1 heterocycles. The molecule has 1 aliphatic heterocycles. The van der Waals surface area contributed by atoms with Crippen molar-refractivity contribution in [1.29, 1.82) is 0 Å². The van der Waals surface area contributed by atoms with Gasteiger partial charge in [-0.05, 0) is 30.7 Å². The monoisotopic (exact) mass is 288 g/mol. The SMILES string of the molecule is O=[N+]([O-])c1cccc(CCCN2CCOCC2)c1[O-].[Na+]. The van der Waals surface area contributed by atoms with Crippen LogP contribution in [0.25, 0.3) is 0 Å². The minimum atomic E-state index is -0.617. The van der Waals surface area contributed by atoms with E-state index in [1.807, 2.05) is 0 Å². The number of hydrogen-bond donors (Lipinski definition) is 0. The summed E-state index contributed by atoms with van der Waals surface area (Å²) in [5.41, 5.74) is 0.200. The zero-order valence-corrected chi connectivity index (χ0v) is 13.7. The van der Waals surface area contributed by atoms with Crippen molar-refractivity contribution in [3.63, 3.8) is 0 Å². The quantitative estimate of drug-likeness (QED) is 0.353. The van der Waals surface area contributed by atoms with Gasteiger partial charge in [0.2, 0.25) is 0 Å². The van der Waals surface area contributed by atoms with E-state index >= 15 is 0 Å². The minimum absolute atomic E-state index is 0. The van der Waals surface area contributed by atoms with Gasteiger partial charge < -0.3 is 9.84 Å². The van der Waals surface area contributed by atoms with Crippen LogP contribution >= 0.6 is 0 Å². The van der Waals surface area contributed by atoms with Crippen molar-refractivity contribution in [2.24, 2.45) is 0 Å². The van der Waals surface area contributed by atoms with Gasteiger partial charge in [0.05, 0.1) is 18.1 Å². The first-order chi connectivity index (χ1) is 9.18. The molecule has 0 aliphatic carbocycles. The average Bonchev–Trinajstić information content (AvgIpc) is 2.41. The smallest absolute Gasteiger partial charge is 0.868 e. The van der Waals surface area contributed by atoms with E-state index in [0.717, 1.165) is 39.3 Å². The number of morpholine rings is 1. The second-order valence-corrected chi connectivity index (χ2v) is 4.58. The number of para-hydroxylation sites is 1. The predicted octanol–water partition coefficient (Wildman–Crippen LogP) is -2.06. The number of hydrogen-bond acceptors (Lipinski definition) is 5. The molecule has 0 saturated carbocycles. The van der Waals surface area contributed by atoms with Gasteiger partial charge in [-0.25, -0.2) is 0 Å². The van der Waals surface area contributed by atoms with Crippen LogP contribution in [0.2, 0.25) is 0 Å². The summed E-state index contributed by atoms with van der Waals surface area (Å²) >= 11 is 0. The Kier molecular flexibility index (Phi) is 7.47. The van der Waals surface area contributed by atoms with E-state index in [1.54, 1.807) is 12.1 Å². The summed E-state index contributed by atoms with van der Waals surface area (Å²) in [6.45, 7) is 4.23. The van der Waals surface area contributed by atoms with E-state index in [2.05, 4.69) is 4.90 Å². The van der Waals surface area contributed by atoms with E-state index < -0.39 is 10.7 Å². The van der Waals surface area contributed by atoms with Gasteiger partial charge in [0.25, 0.3) is 5.69 Å². The Balaban J connectivity index is 0.00000200. The third kappa shape index (κ3) is 4.71. The molecule has 0 radical (unpaired) electrons. The molecule has 1 fully saturated rings. The van der Waals surface area contributed by atoms with Crippen molar-refractivity contribution in [3.05, 3.63) is 33.9 Å². The molecule has 1 aliphatic rings. The van der Waals surface area contributed by atoms with E-state index in [4.69, 9.17) is 4.74 Å². The third-order valence-corrected chi connectivity index (χ3v) is 3.30. The van der Waals surface area contributed by atoms with Gasteiger partial charge in [-0.2, -0.15) is 0 Å². The summed E-state index contributed by atoms with van der Waals surface area (Å²) in [4.78, 5) is 12.3. The molecule has 1 saturated heterocycles. The van der Waals surface area contributed by atoms with Crippen LogP contribution in [0.5, 0.6) is 5.75 Å². The van der Waals surface area contributed by atoms with E-state index in [-0.39, 0.29) is 35.2 Å². The fourth-order valence-electron chi connectivity index (χ4n) is 2.23. The first-order valence-electron chi connectivity index (χ1n) is 6.42. The molecule has 0 aromatic heterocycles. The normalized spacial score (nSPS) is 15.6. The summed E-state index contributed by atoms with van der Waals surface area (Å²) in [6, 6.07) is 4.51. The summed E-state index contributed by atoms with van der Waals surface area (Å²) in [5.74, 6) is -0.450. The summed E-state index contributed by atoms with van der Waals surface area (Å²) in [5, 5.41) is 22.5. The van der Waals surface area contributed by atoms with Crippen molar-refractivity contribution in [2.45, 2.75) is 12.8 Å². The molecule has 20 heavy (non-hydrogen) atoms. The second kappa shape index (κ2) is 8.59. The molecular formula is C13H17N2NaO4. The van der Waals surface area contributed by atoms with Crippen LogP contribution in [0.3, 0.4) is 0 Å². The van der Waals surface area contributed by atoms with Gasteiger partial charge in [-0.1, -0.05) is 12.1 Å². The van der Waals surface area contributed by atoms with Gasteiger partial charge in [0.1, 0.15) is 0 Å². The molecule has 6 nitrogen and oxygen atoms in total. The van der Waals surface area contributed by atoms with E-state index in [9.17, 15) is 15.2 Å². The number of nitro groups is 1. The van der Waals surface area contributed by atoms with Gasteiger partial charge >= 0.3 is 29.6 Å². The fraction of sp³-hybridized carbons (Fsp3) is 0.538. The van der Waals surface area contributed by atoms with Crippen LogP contribution in [0, 0.1) is 10.1 Å². The summed E-state index contributed by atoms with van der Waals surface area (Å²) in [6.07, 6.45) is 1.41. The van der Waals surface area contributed by atoms with Crippen LogP contribution in [0.1, 0.15) is 12.0 Å². The van der Waals surface area contributed by atoms with Crippen molar-refractivity contribution in [1.82, 2.24) is 4.90 Å². The third-order valence-electron chi connectivity index (χ3n) is 3.30. The molecule has 1 aromatic carbocycles. The molecule has 1 aromatic rings. The molecule has 104 valence electrons. The van der Waals surface area contributed by atoms with E-state index in [1.165, 1.54) is 6.07 Å². The van der Waals surface area contributed by atoms with Crippen molar-refractivity contribution in [3.8, 4) is 5.75 Å². The largest absolute Gasteiger partial charge is 1.00 e. The molecule has 2 rings (SSSR count). The standard InChI is InChI=1S/C13H18N2O4.Na/c16-13-11(3-1-5-12(13)15(17)18)4-2-6-14-7-9-19-10-8-14;/h1,3,5,16H,2,4,6-10H2;/q;+1/p-1. The average molecular weight is 288 g/mol. The second-order valence-electron chi connectivity index (χ2n) is 4.58. The Bertz CT molecular complexity index is 450. The van der Waals surface area contributed by atoms with E-state index in [0.29, 0.717) is 12.0 Å². The fourth-order valence-corrected chi connectivity index (χ4v) is 2.23. The molecule has 0 amide bonds. The van der Waals surface area contributed by atoms with Crippen molar-refractivity contribution in [2.75, 3.05) is 32.8 Å². The maximum atomic E-state index is 11.8. The molecule has 0 unspecified atom stereocenters. The van der Waals surface area contributed by atoms with Gasteiger partial charge in [-0.3, -0.25) is 15.0 Å². The summed E-state index contributed by atoms with van der Waals surface area (Å²) < 4.78 is 5.26. The predicted molar refractivity (Wildman–Crippen MR) is 68.1 cm³/mol. The zero-order valence-electron chi connectivity index (χ0n) is 11.7. The minimum Gasteiger partial charge on any atom is -0.868 e. The molecular weight excluding hydrogens is 271 g/mol. The van der Waals surface area contributed by atoms with Crippen LogP contribution in [-0.4, -0.2) is 42.7 Å². The van der Waals surface area contributed by atoms with Crippen LogP contribution in [0.4, 0.5) is 5.69 Å². The zero-order chi connectivity index (χ0) is 13.7.